The van der Waals surface area contributed by atoms with E-state index in [0.717, 1.165) is 37.1 Å². The Morgan fingerprint density at radius 2 is 2.00 bits per heavy atom. The predicted molar refractivity (Wildman–Crippen MR) is 110 cm³/mol. The van der Waals surface area contributed by atoms with Crippen molar-refractivity contribution in [3.8, 4) is 0 Å². The van der Waals surface area contributed by atoms with Crippen LogP contribution in [0, 0.1) is 0 Å². The molecule has 0 bridgehead atoms. The van der Waals surface area contributed by atoms with E-state index in [-0.39, 0.29) is 5.91 Å². The number of hydrogen-bond donors (Lipinski definition) is 3. The smallest absolute Gasteiger partial charge is 0.269 e. The molecule has 6 nitrogen and oxygen atoms in total. The minimum absolute atomic E-state index is 0.144. The number of fused-ring (bicyclic) bond motifs is 1. The molecule has 0 radical (unpaired) electrons. The lowest BCUT2D eigenvalue weighted by molar-refractivity contribution is 0.0949. The summed E-state index contributed by atoms with van der Waals surface area (Å²) in [4.78, 5) is 22.0. The summed E-state index contributed by atoms with van der Waals surface area (Å²) in [6.07, 6.45) is 5.56. The lowest BCUT2D eigenvalue weighted by Crippen LogP contribution is -2.26. The number of nitrogens with one attached hydrogen (secondary N) is 3. The second-order valence-corrected chi connectivity index (χ2v) is 6.88. The molecule has 0 saturated carbocycles. The van der Waals surface area contributed by atoms with E-state index in [4.69, 9.17) is 0 Å². The molecular weight excluding hydrogens is 338 g/mol. The van der Waals surface area contributed by atoms with Gasteiger partial charge in [0.05, 0.1) is 11.9 Å². The Kier molecular flexibility index (Phi) is 6.44. The third-order valence-electron chi connectivity index (χ3n) is 4.46. The van der Waals surface area contributed by atoms with Crippen molar-refractivity contribution in [3.63, 3.8) is 0 Å². The van der Waals surface area contributed by atoms with Crippen LogP contribution >= 0.6 is 0 Å². The number of para-hydroxylation sites is 1. The first-order valence-electron chi connectivity index (χ1n) is 9.31. The first kappa shape index (κ1) is 18.9. The average Bonchev–Trinajstić information content (AvgIpc) is 3.09. The molecule has 0 fully saturated rings. The molecule has 3 N–H and O–H groups in total. The number of hydrogen-bond acceptors (Lipinski definition) is 4. The van der Waals surface area contributed by atoms with Crippen molar-refractivity contribution >= 4 is 22.5 Å². The Bertz CT molecular complexity index is 870. The molecule has 0 aliphatic heterocycles. The highest BCUT2D eigenvalue weighted by atomic mass is 16.1. The van der Waals surface area contributed by atoms with E-state index >= 15 is 0 Å². The number of rotatable bonds is 9. The minimum atomic E-state index is -0.144. The van der Waals surface area contributed by atoms with Gasteiger partial charge in [-0.05, 0) is 57.2 Å². The summed E-state index contributed by atoms with van der Waals surface area (Å²) in [7, 11) is 4.13. The zero-order valence-corrected chi connectivity index (χ0v) is 16.0. The second-order valence-electron chi connectivity index (χ2n) is 6.88. The number of pyridine rings is 1. The molecule has 0 saturated heterocycles. The summed E-state index contributed by atoms with van der Waals surface area (Å²) < 4.78 is 0. The topological polar surface area (TPSA) is 73.1 Å². The minimum Gasteiger partial charge on any atom is -0.384 e. The van der Waals surface area contributed by atoms with Crippen LogP contribution in [0.1, 0.15) is 22.5 Å². The number of amides is 1. The quantitative estimate of drug-likeness (QED) is 0.510. The summed E-state index contributed by atoms with van der Waals surface area (Å²) in [5.74, 6) is -0.144. The number of nitrogens with zero attached hydrogens (tertiary/aromatic N) is 2. The Morgan fingerprint density at radius 3 is 2.78 bits per heavy atom. The third-order valence-corrected chi connectivity index (χ3v) is 4.46. The highest BCUT2D eigenvalue weighted by molar-refractivity contribution is 5.92. The van der Waals surface area contributed by atoms with Gasteiger partial charge in [-0.25, -0.2) is 4.98 Å². The van der Waals surface area contributed by atoms with Crippen LogP contribution in [-0.2, 0) is 6.42 Å². The number of H-pyrrole nitrogens is 1. The van der Waals surface area contributed by atoms with E-state index in [9.17, 15) is 4.79 Å². The highest BCUT2D eigenvalue weighted by Gasteiger charge is 2.08. The second kappa shape index (κ2) is 9.19. The van der Waals surface area contributed by atoms with Gasteiger partial charge in [0.2, 0.25) is 0 Å². The molecular formula is C21H27N5O. The number of aromatic amines is 1. The van der Waals surface area contributed by atoms with Gasteiger partial charge in [-0.15, -0.1) is 0 Å². The van der Waals surface area contributed by atoms with Crippen LogP contribution in [0.2, 0.25) is 0 Å². The largest absolute Gasteiger partial charge is 0.384 e. The van der Waals surface area contributed by atoms with Crippen molar-refractivity contribution in [1.82, 2.24) is 20.2 Å². The van der Waals surface area contributed by atoms with Gasteiger partial charge in [-0.3, -0.25) is 4.79 Å². The van der Waals surface area contributed by atoms with Crippen LogP contribution in [0.3, 0.4) is 0 Å². The molecule has 1 amide bonds. The van der Waals surface area contributed by atoms with Crippen molar-refractivity contribution < 1.29 is 4.79 Å². The fraction of sp³-hybridized carbons (Fsp3) is 0.333. The van der Waals surface area contributed by atoms with Gasteiger partial charge in [0, 0.05) is 30.2 Å². The highest BCUT2D eigenvalue weighted by Crippen LogP contribution is 2.17. The standard InChI is InChI=1S/C21H27N5O/c1-26(2)13-5-11-22-17-8-9-20(25-15-17)21(27)23-12-10-16-14-24-19-7-4-3-6-18(16)19/h3-4,6-9,14-15,22,24H,5,10-13H2,1-2H3,(H,23,27). The van der Waals surface area contributed by atoms with Gasteiger partial charge in [0.15, 0.2) is 0 Å². The Morgan fingerprint density at radius 1 is 1.15 bits per heavy atom. The van der Waals surface area contributed by atoms with Gasteiger partial charge in [0.1, 0.15) is 5.69 Å². The van der Waals surface area contributed by atoms with Crippen LogP contribution in [0.15, 0.2) is 48.8 Å². The zero-order chi connectivity index (χ0) is 19.1. The number of anilines is 1. The SMILES string of the molecule is CN(C)CCCNc1ccc(C(=O)NCCc2c[nH]c3ccccc23)nc1. The molecule has 2 heterocycles. The first-order chi connectivity index (χ1) is 13.1. The molecule has 0 atom stereocenters. The molecule has 6 heteroatoms. The lowest BCUT2D eigenvalue weighted by atomic mass is 10.1. The van der Waals surface area contributed by atoms with Gasteiger partial charge in [-0.2, -0.15) is 0 Å². The lowest BCUT2D eigenvalue weighted by Gasteiger charge is -2.10. The van der Waals surface area contributed by atoms with Crippen LogP contribution < -0.4 is 10.6 Å². The molecule has 27 heavy (non-hydrogen) atoms. The van der Waals surface area contributed by atoms with E-state index in [1.54, 1.807) is 12.3 Å². The Hall–Kier alpha value is -2.86. The van der Waals surface area contributed by atoms with E-state index in [1.165, 1.54) is 10.9 Å². The fourth-order valence-electron chi connectivity index (χ4n) is 3.00. The zero-order valence-electron chi connectivity index (χ0n) is 16.0. The molecule has 0 unspecified atom stereocenters. The van der Waals surface area contributed by atoms with Crippen molar-refractivity contribution in [3.05, 3.63) is 60.0 Å². The number of carbonyl (C=O) groups is 1. The summed E-state index contributed by atoms with van der Waals surface area (Å²) in [6.45, 7) is 2.50. The van der Waals surface area contributed by atoms with E-state index in [1.807, 2.05) is 24.4 Å². The monoisotopic (exact) mass is 365 g/mol. The van der Waals surface area contributed by atoms with Crippen molar-refractivity contribution in [2.45, 2.75) is 12.8 Å². The summed E-state index contributed by atoms with van der Waals surface area (Å²) in [6, 6.07) is 11.8. The van der Waals surface area contributed by atoms with Gasteiger partial charge in [0.25, 0.3) is 5.91 Å². The average molecular weight is 365 g/mol. The molecule has 0 aliphatic rings. The van der Waals surface area contributed by atoms with E-state index < -0.39 is 0 Å². The van der Waals surface area contributed by atoms with E-state index in [0.29, 0.717) is 12.2 Å². The van der Waals surface area contributed by atoms with Crippen LogP contribution in [0.4, 0.5) is 5.69 Å². The number of benzene rings is 1. The van der Waals surface area contributed by atoms with Crippen molar-refractivity contribution in [2.24, 2.45) is 0 Å². The van der Waals surface area contributed by atoms with Crippen molar-refractivity contribution in [1.29, 1.82) is 0 Å². The van der Waals surface area contributed by atoms with Gasteiger partial charge in [-0.1, -0.05) is 18.2 Å². The maximum absolute atomic E-state index is 12.3. The Balaban J connectivity index is 1.45. The molecule has 142 valence electrons. The number of aromatic nitrogens is 2. The molecule has 3 aromatic rings. The van der Waals surface area contributed by atoms with Crippen LogP contribution in [0.5, 0.6) is 0 Å². The maximum atomic E-state index is 12.3. The normalized spacial score (nSPS) is 11.1. The maximum Gasteiger partial charge on any atom is 0.269 e. The molecule has 1 aromatic carbocycles. The predicted octanol–water partition coefficient (Wildman–Crippen LogP) is 2.90. The first-order valence-corrected chi connectivity index (χ1v) is 9.31. The van der Waals surface area contributed by atoms with Crippen molar-refractivity contribution in [2.75, 3.05) is 39.0 Å². The van der Waals surface area contributed by atoms with E-state index in [2.05, 4.69) is 51.7 Å². The van der Waals surface area contributed by atoms with Crippen LogP contribution in [0.25, 0.3) is 10.9 Å². The molecule has 0 spiro atoms. The Labute approximate surface area is 160 Å². The summed E-state index contributed by atoms with van der Waals surface area (Å²) >= 11 is 0. The molecule has 0 aliphatic carbocycles. The summed E-state index contributed by atoms with van der Waals surface area (Å²) in [5.41, 5.74) is 3.70. The van der Waals surface area contributed by atoms with Gasteiger partial charge >= 0.3 is 0 Å². The molecule has 2 aromatic heterocycles. The summed E-state index contributed by atoms with van der Waals surface area (Å²) in [5, 5.41) is 7.47. The van der Waals surface area contributed by atoms with Crippen LogP contribution in [-0.4, -0.2) is 54.5 Å². The fourth-order valence-corrected chi connectivity index (χ4v) is 3.00. The van der Waals surface area contributed by atoms with Gasteiger partial charge < -0.3 is 20.5 Å². The number of carbonyl (C=O) groups excluding carboxylic acids is 1. The molecule has 3 rings (SSSR count). The third kappa shape index (κ3) is 5.31.